The number of carbonyl (C=O) groups is 2. The molecular weight excluding hydrogens is 519 g/mol. The fourth-order valence-corrected chi connectivity index (χ4v) is 6.15. The van der Waals surface area contributed by atoms with Crippen LogP contribution in [0.4, 0.5) is 18.3 Å². The highest BCUT2D eigenvalue weighted by molar-refractivity contribution is 7.89. The summed E-state index contributed by atoms with van der Waals surface area (Å²) >= 11 is 0.740. The number of hydrogen-bond acceptors (Lipinski definition) is 7. The fraction of sp³-hybridized carbons (Fsp3) is 0.348. The second-order valence-corrected chi connectivity index (χ2v) is 11.1. The molecule has 2 aromatic carbocycles. The van der Waals surface area contributed by atoms with Crippen LogP contribution in [-0.4, -0.2) is 49.3 Å². The second kappa shape index (κ2) is 10.9. The number of amides is 1. The number of rotatable bonds is 8. The third-order valence-corrected chi connectivity index (χ3v) is 8.46. The molecule has 1 amide bonds. The Kier molecular flexibility index (Phi) is 7.91. The molecule has 192 valence electrons. The van der Waals surface area contributed by atoms with Gasteiger partial charge in [-0.3, -0.25) is 14.9 Å². The summed E-state index contributed by atoms with van der Waals surface area (Å²) in [5.74, 6) is -5.89. The van der Waals surface area contributed by atoms with Crippen molar-refractivity contribution >= 4 is 48.6 Å². The molecule has 13 heteroatoms. The number of aromatic nitrogens is 1. The van der Waals surface area contributed by atoms with Gasteiger partial charge in [-0.05, 0) is 43.0 Å². The summed E-state index contributed by atoms with van der Waals surface area (Å²) in [6, 6.07) is 7.06. The van der Waals surface area contributed by atoms with Crippen molar-refractivity contribution in [3.05, 3.63) is 53.3 Å². The Balaban J connectivity index is 1.25. The number of sulfonamides is 1. The van der Waals surface area contributed by atoms with E-state index in [-0.39, 0.29) is 27.6 Å². The lowest BCUT2D eigenvalue weighted by atomic mass is 10.1. The first-order valence-corrected chi connectivity index (χ1v) is 13.4. The summed E-state index contributed by atoms with van der Waals surface area (Å²) in [6.07, 6.45) is 2.94. The van der Waals surface area contributed by atoms with Gasteiger partial charge in [-0.25, -0.2) is 26.6 Å². The number of ether oxygens (including phenoxy) is 1. The first-order chi connectivity index (χ1) is 17.1. The third kappa shape index (κ3) is 5.85. The number of nitrogens with zero attached hydrogens (tertiary/aromatic N) is 2. The molecule has 0 atom stereocenters. The van der Waals surface area contributed by atoms with Crippen LogP contribution in [0.3, 0.4) is 0 Å². The van der Waals surface area contributed by atoms with Crippen molar-refractivity contribution in [3.63, 3.8) is 0 Å². The van der Waals surface area contributed by atoms with Gasteiger partial charge in [0.2, 0.25) is 10.0 Å². The van der Waals surface area contributed by atoms with Gasteiger partial charge < -0.3 is 4.74 Å². The highest BCUT2D eigenvalue weighted by Gasteiger charge is 2.25. The lowest BCUT2D eigenvalue weighted by Crippen LogP contribution is -2.35. The molecule has 0 unspecified atom stereocenters. The summed E-state index contributed by atoms with van der Waals surface area (Å²) < 4.78 is 72.2. The van der Waals surface area contributed by atoms with E-state index in [9.17, 15) is 31.2 Å². The summed E-state index contributed by atoms with van der Waals surface area (Å²) in [7, 11) is -3.53. The molecule has 2 heterocycles. The van der Waals surface area contributed by atoms with Crippen LogP contribution in [0, 0.1) is 17.5 Å². The number of benzene rings is 2. The van der Waals surface area contributed by atoms with Gasteiger partial charge in [0, 0.05) is 19.5 Å². The number of thiazole rings is 1. The molecule has 1 aromatic heterocycles. The predicted molar refractivity (Wildman–Crippen MR) is 126 cm³/mol. The average molecular weight is 542 g/mol. The summed E-state index contributed by atoms with van der Waals surface area (Å²) in [5.41, 5.74) is 0.311. The van der Waals surface area contributed by atoms with Crippen LogP contribution in [0.1, 0.15) is 31.2 Å². The lowest BCUT2D eigenvalue weighted by Gasteiger charge is -2.25. The van der Waals surface area contributed by atoms with Crippen molar-refractivity contribution < 1.29 is 35.9 Å². The monoisotopic (exact) mass is 541 g/mol. The Hall–Kier alpha value is -3.03. The minimum atomic E-state index is -3.53. The van der Waals surface area contributed by atoms with E-state index in [1.807, 2.05) is 0 Å². The molecule has 0 bridgehead atoms. The molecule has 1 aliphatic heterocycles. The van der Waals surface area contributed by atoms with E-state index in [0.717, 1.165) is 42.2 Å². The maximum Gasteiger partial charge on any atom is 0.306 e. The Labute approximate surface area is 209 Å². The highest BCUT2D eigenvalue weighted by atomic mass is 32.2. The number of aryl methyl sites for hydroxylation is 1. The Morgan fingerprint density at radius 3 is 2.44 bits per heavy atom. The van der Waals surface area contributed by atoms with Crippen molar-refractivity contribution in [2.24, 2.45) is 0 Å². The number of fused-ring (bicyclic) bond motifs is 1. The Morgan fingerprint density at radius 2 is 1.75 bits per heavy atom. The van der Waals surface area contributed by atoms with Crippen LogP contribution >= 0.6 is 11.3 Å². The molecule has 36 heavy (non-hydrogen) atoms. The van der Waals surface area contributed by atoms with E-state index >= 15 is 0 Å². The molecular formula is C23H22F3N3O5S2. The summed E-state index contributed by atoms with van der Waals surface area (Å²) in [5, 5.41) is 2.19. The van der Waals surface area contributed by atoms with Crippen LogP contribution in [0.5, 0.6) is 0 Å². The maximum absolute atomic E-state index is 13.8. The minimum absolute atomic E-state index is 0.00782. The topological polar surface area (TPSA) is 106 Å². The largest absolute Gasteiger partial charge is 0.456 e. The van der Waals surface area contributed by atoms with Gasteiger partial charge in [0.15, 0.2) is 29.2 Å². The van der Waals surface area contributed by atoms with Crippen LogP contribution in [0.25, 0.3) is 10.2 Å². The Morgan fingerprint density at radius 1 is 1.06 bits per heavy atom. The molecule has 0 aliphatic carbocycles. The number of anilines is 1. The number of hydrogen-bond donors (Lipinski definition) is 1. The molecule has 1 N–H and O–H groups in total. The van der Waals surface area contributed by atoms with Crippen molar-refractivity contribution in [2.45, 2.75) is 37.0 Å². The molecule has 3 aromatic rings. The van der Waals surface area contributed by atoms with E-state index in [0.29, 0.717) is 13.1 Å². The molecule has 0 saturated carbocycles. The van der Waals surface area contributed by atoms with Crippen LogP contribution in [-0.2, 0) is 30.8 Å². The van der Waals surface area contributed by atoms with Gasteiger partial charge in [-0.1, -0.05) is 29.9 Å². The van der Waals surface area contributed by atoms with Gasteiger partial charge in [0.1, 0.15) is 5.52 Å². The minimum Gasteiger partial charge on any atom is -0.456 e. The first-order valence-electron chi connectivity index (χ1n) is 11.1. The predicted octanol–water partition coefficient (Wildman–Crippen LogP) is 4.00. The molecule has 1 aliphatic rings. The quantitative estimate of drug-likeness (QED) is 0.341. The molecule has 0 radical (unpaired) electrons. The first kappa shape index (κ1) is 26.0. The number of piperidine rings is 1. The van der Waals surface area contributed by atoms with Gasteiger partial charge in [-0.15, -0.1) is 0 Å². The maximum atomic E-state index is 13.8. The Bertz CT molecular complexity index is 1390. The van der Waals surface area contributed by atoms with Gasteiger partial charge in [0.25, 0.3) is 5.91 Å². The van der Waals surface area contributed by atoms with E-state index in [2.05, 4.69) is 10.3 Å². The molecule has 4 rings (SSSR count). The third-order valence-electron chi connectivity index (χ3n) is 5.63. The summed E-state index contributed by atoms with van der Waals surface area (Å²) in [4.78, 5) is 28.0. The number of esters is 1. The SMILES string of the molecule is O=C(COC(=O)CCc1ccc(S(=O)(=O)N2CCCCC2)cc1)Nc1nc2c(F)c(F)c(F)cc2s1. The molecule has 0 spiro atoms. The number of carbonyl (C=O) groups excluding carboxylic acids is 2. The molecule has 1 saturated heterocycles. The van der Waals surface area contributed by atoms with E-state index in [1.54, 1.807) is 12.1 Å². The fourth-order valence-electron chi connectivity index (χ4n) is 3.73. The van der Waals surface area contributed by atoms with Gasteiger partial charge >= 0.3 is 5.97 Å². The van der Waals surface area contributed by atoms with Crippen molar-refractivity contribution in [3.8, 4) is 0 Å². The van der Waals surface area contributed by atoms with Crippen LogP contribution in [0.15, 0.2) is 35.2 Å². The second-order valence-electron chi connectivity index (χ2n) is 8.17. The van der Waals surface area contributed by atoms with Crippen LogP contribution < -0.4 is 5.32 Å². The zero-order chi connectivity index (χ0) is 25.9. The average Bonchev–Trinajstić information content (AvgIpc) is 3.27. The molecule has 8 nitrogen and oxygen atoms in total. The standard InChI is InChI=1S/C23H22F3N3O5S2/c24-16-12-17-22(21(26)20(16)25)28-23(35-17)27-18(30)13-34-19(31)9-6-14-4-7-15(8-5-14)36(32,33)29-10-2-1-3-11-29/h4-5,7-8,12H,1-3,6,9-11,13H2,(H,27,28,30). The van der Waals surface area contributed by atoms with Crippen molar-refractivity contribution in [2.75, 3.05) is 25.0 Å². The normalized spacial score (nSPS) is 14.6. The number of nitrogens with one attached hydrogen (secondary N) is 1. The smallest absolute Gasteiger partial charge is 0.306 e. The lowest BCUT2D eigenvalue weighted by molar-refractivity contribution is -0.147. The van der Waals surface area contributed by atoms with Gasteiger partial charge in [-0.2, -0.15) is 4.31 Å². The summed E-state index contributed by atoms with van der Waals surface area (Å²) in [6.45, 7) is 0.389. The van der Waals surface area contributed by atoms with Crippen LogP contribution in [0.2, 0.25) is 0 Å². The van der Waals surface area contributed by atoms with E-state index in [1.165, 1.54) is 16.4 Å². The van der Waals surface area contributed by atoms with Gasteiger partial charge in [0.05, 0.1) is 9.60 Å². The molecule has 1 fully saturated rings. The van der Waals surface area contributed by atoms with Crippen molar-refractivity contribution in [1.29, 1.82) is 0 Å². The zero-order valence-electron chi connectivity index (χ0n) is 18.9. The van der Waals surface area contributed by atoms with Crippen molar-refractivity contribution in [1.82, 2.24) is 9.29 Å². The highest BCUT2D eigenvalue weighted by Crippen LogP contribution is 2.30. The zero-order valence-corrected chi connectivity index (χ0v) is 20.6. The number of halogens is 3. The van der Waals surface area contributed by atoms with E-state index in [4.69, 9.17) is 4.74 Å². The van der Waals surface area contributed by atoms with E-state index < -0.39 is 51.5 Å².